The van der Waals surface area contributed by atoms with Crippen molar-refractivity contribution in [3.63, 3.8) is 0 Å². The fourth-order valence-electron chi connectivity index (χ4n) is 8.46. The third kappa shape index (κ3) is 4.88. The molecule has 2 nitrogen and oxygen atoms in total. The molecular formula is C52H33NO. The molecule has 10 aromatic carbocycles. The van der Waals surface area contributed by atoms with Gasteiger partial charge in [0.1, 0.15) is 11.2 Å². The second kappa shape index (κ2) is 12.2. The van der Waals surface area contributed by atoms with Gasteiger partial charge in [0, 0.05) is 27.8 Å². The van der Waals surface area contributed by atoms with Crippen molar-refractivity contribution in [3.8, 4) is 22.3 Å². The highest BCUT2D eigenvalue weighted by molar-refractivity contribution is 6.24. The van der Waals surface area contributed by atoms with E-state index in [1.54, 1.807) is 0 Å². The van der Waals surface area contributed by atoms with E-state index in [2.05, 4.69) is 193 Å². The van der Waals surface area contributed by atoms with Gasteiger partial charge in [0.25, 0.3) is 0 Å². The Labute approximate surface area is 312 Å². The summed E-state index contributed by atoms with van der Waals surface area (Å²) in [6.45, 7) is 0. The van der Waals surface area contributed by atoms with E-state index in [9.17, 15) is 0 Å². The third-order valence-electron chi connectivity index (χ3n) is 11.0. The van der Waals surface area contributed by atoms with Crippen LogP contribution in [0.15, 0.2) is 205 Å². The molecule has 0 bridgehead atoms. The number of hydrogen-bond donors (Lipinski definition) is 0. The van der Waals surface area contributed by atoms with Crippen LogP contribution in [-0.4, -0.2) is 0 Å². The molecule has 11 aromatic rings. The monoisotopic (exact) mass is 687 g/mol. The lowest BCUT2D eigenvalue weighted by Gasteiger charge is -2.25. The van der Waals surface area contributed by atoms with Gasteiger partial charge in [-0.15, -0.1) is 0 Å². The fourth-order valence-corrected chi connectivity index (χ4v) is 8.46. The smallest absolute Gasteiger partial charge is 0.135 e. The molecule has 1 aromatic heterocycles. The quantitative estimate of drug-likeness (QED) is 0.168. The van der Waals surface area contributed by atoms with Crippen LogP contribution in [0.3, 0.4) is 0 Å². The predicted octanol–water partition coefficient (Wildman–Crippen LogP) is 15.0. The number of para-hydroxylation sites is 3. The van der Waals surface area contributed by atoms with E-state index < -0.39 is 0 Å². The van der Waals surface area contributed by atoms with Crippen LogP contribution in [0.2, 0.25) is 0 Å². The first-order valence-electron chi connectivity index (χ1n) is 18.5. The number of nitrogens with zero attached hydrogens (tertiary/aromatic N) is 1. The van der Waals surface area contributed by atoms with Crippen LogP contribution in [-0.2, 0) is 0 Å². The Morgan fingerprint density at radius 3 is 1.41 bits per heavy atom. The first-order valence-corrected chi connectivity index (χ1v) is 18.5. The van der Waals surface area contributed by atoms with E-state index in [0.29, 0.717) is 0 Å². The number of benzene rings is 10. The molecule has 0 atom stereocenters. The van der Waals surface area contributed by atoms with Crippen LogP contribution in [0, 0.1) is 0 Å². The highest BCUT2D eigenvalue weighted by atomic mass is 16.3. The van der Waals surface area contributed by atoms with E-state index in [1.807, 2.05) is 12.1 Å². The lowest BCUT2D eigenvalue weighted by Crippen LogP contribution is -2.09. The summed E-state index contributed by atoms with van der Waals surface area (Å²) in [5.74, 6) is 0. The zero-order chi connectivity index (χ0) is 35.6. The number of fused-ring (bicyclic) bond motifs is 9. The molecule has 0 saturated heterocycles. The first kappa shape index (κ1) is 30.5. The minimum absolute atomic E-state index is 0.913. The van der Waals surface area contributed by atoms with Crippen LogP contribution in [0.1, 0.15) is 0 Å². The number of furan rings is 1. The Hall–Kier alpha value is -7.16. The highest BCUT2D eigenvalue weighted by Crippen LogP contribution is 2.44. The van der Waals surface area contributed by atoms with Gasteiger partial charge >= 0.3 is 0 Å². The van der Waals surface area contributed by atoms with Gasteiger partial charge in [-0.2, -0.15) is 0 Å². The van der Waals surface area contributed by atoms with E-state index in [0.717, 1.165) is 39.0 Å². The molecule has 0 aliphatic rings. The Morgan fingerprint density at radius 1 is 0.278 bits per heavy atom. The molecule has 2 heteroatoms. The summed E-state index contributed by atoms with van der Waals surface area (Å²) in [4.78, 5) is 2.32. The molecule has 0 unspecified atom stereocenters. The molecular weight excluding hydrogens is 655 g/mol. The van der Waals surface area contributed by atoms with Gasteiger partial charge in [0.2, 0.25) is 0 Å². The zero-order valence-electron chi connectivity index (χ0n) is 29.4. The van der Waals surface area contributed by atoms with Gasteiger partial charge in [-0.3, -0.25) is 0 Å². The normalized spacial score (nSPS) is 11.7. The summed E-state index contributed by atoms with van der Waals surface area (Å²) < 4.78 is 6.19. The Bertz CT molecular complexity index is 3170. The maximum absolute atomic E-state index is 6.19. The van der Waals surface area contributed by atoms with Gasteiger partial charge in [0.15, 0.2) is 0 Å². The average molecular weight is 688 g/mol. The maximum Gasteiger partial charge on any atom is 0.135 e. The highest BCUT2D eigenvalue weighted by Gasteiger charge is 2.17. The van der Waals surface area contributed by atoms with E-state index in [-0.39, 0.29) is 0 Å². The molecule has 0 saturated carbocycles. The van der Waals surface area contributed by atoms with Crippen molar-refractivity contribution in [3.05, 3.63) is 200 Å². The van der Waals surface area contributed by atoms with Crippen molar-refractivity contribution in [2.24, 2.45) is 0 Å². The van der Waals surface area contributed by atoms with Crippen molar-refractivity contribution in [2.75, 3.05) is 4.90 Å². The summed E-state index contributed by atoms with van der Waals surface area (Å²) >= 11 is 0. The molecule has 0 N–H and O–H groups in total. The SMILES string of the molecule is c1ccc(N(c2ccccc2)c2ccc3cc(-c4cc5c6ccccc6c(-c6ccc7oc8ccccc8c7c6)cc5c5ccccc45)ccc3c2)cc1. The average Bonchev–Trinajstić information content (AvgIpc) is 3.62. The zero-order valence-corrected chi connectivity index (χ0v) is 29.4. The molecule has 0 spiro atoms. The summed E-state index contributed by atoms with van der Waals surface area (Å²) in [6.07, 6.45) is 0. The van der Waals surface area contributed by atoms with Gasteiger partial charge in [-0.1, -0.05) is 127 Å². The van der Waals surface area contributed by atoms with Gasteiger partial charge in [0.05, 0.1) is 0 Å². The first-order chi connectivity index (χ1) is 26.8. The van der Waals surface area contributed by atoms with E-state index >= 15 is 0 Å². The Morgan fingerprint density at radius 2 is 0.759 bits per heavy atom. The fraction of sp³-hybridized carbons (Fsp3) is 0. The molecule has 252 valence electrons. The van der Waals surface area contributed by atoms with Gasteiger partial charge < -0.3 is 9.32 Å². The minimum Gasteiger partial charge on any atom is -0.456 e. The lowest BCUT2D eigenvalue weighted by molar-refractivity contribution is 0.669. The predicted molar refractivity (Wildman–Crippen MR) is 229 cm³/mol. The van der Waals surface area contributed by atoms with Crippen molar-refractivity contribution < 1.29 is 4.42 Å². The van der Waals surface area contributed by atoms with Gasteiger partial charge in [-0.05, 0) is 138 Å². The molecule has 0 radical (unpaired) electrons. The summed E-state index contributed by atoms with van der Waals surface area (Å²) in [5.41, 5.74) is 10.1. The minimum atomic E-state index is 0.913. The number of hydrogen-bond acceptors (Lipinski definition) is 2. The van der Waals surface area contributed by atoms with Crippen molar-refractivity contribution >= 4 is 82.1 Å². The van der Waals surface area contributed by atoms with Crippen molar-refractivity contribution in [1.82, 2.24) is 0 Å². The van der Waals surface area contributed by atoms with Crippen molar-refractivity contribution in [1.29, 1.82) is 0 Å². The van der Waals surface area contributed by atoms with Gasteiger partial charge in [-0.25, -0.2) is 0 Å². The molecule has 54 heavy (non-hydrogen) atoms. The maximum atomic E-state index is 6.19. The van der Waals surface area contributed by atoms with E-state index in [1.165, 1.54) is 65.3 Å². The van der Waals surface area contributed by atoms with Crippen LogP contribution in [0.5, 0.6) is 0 Å². The molecule has 1 heterocycles. The standard InChI is InChI=1S/C52H33NO/c1-3-13-38(14-4-1)53(39-15-5-2-6-16-39)40-27-25-34-29-36(24-23-35(34)30-40)46-32-48-44-20-10-8-18-42(44)47(33-49(48)43-19-9-7-17-41(43)46)37-26-28-52-50(31-37)45-21-11-12-22-51(45)54-52/h1-33H. The molecule has 0 amide bonds. The molecule has 0 fully saturated rings. The van der Waals surface area contributed by atoms with Crippen LogP contribution in [0.4, 0.5) is 17.1 Å². The Balaban J connectivity index is 1.08. The van der Waals surface area contributed by atoms with Crippen LogP contribution in [0.25, 0.3) is 87.3 Å². The van der Waals surface area contributed by atoms with Crippen molar-refractivity contribution in [2.45, 2.75) is 0 Å². The molecule has 0 aliphatic carbocycles. The largest absolute Gasteiger partial charge is 0.456 e. The molecule has 11 rings (SSSR count). The van der Waals surface area contributed by atoms with Crippen LogP contribution >= 0.6 is 0 Å². The second-order valence-corrected chi connectivity index (χ2v) is 14.1. The second-order valence-electron chi connectivity index (χ2n) is 14.1. The lowest BCUT2D eigenvalue weighted by atomic mass is 9.87. The third-order valence-corrected chi connectivity index (χ3v) is 11.0. The Kier molecular flexibility index (Phi) is 6.90. The summed E-state index contributed by atoms with van der Waals surface area (Å²) in [6, 6.07) is 72.4. The number of anilines is 3. The topological polar surface area (TPSA) is 16.4 Å². The summed E-state index contributed by atoms with van der Waals surface area (Å²) in [5, 5.41) is 12.2. The van der Waals surface area contributed by atoms with E-state index in [4.69, 9.17) is 4.42 Å². The summed E-state index contributed by atoms with van der Waals surface area (Å²) in [7, 11) is 0. The van der Waals surface area contributed by atoms with Crippen LogP contribution < -0.4 is 4.90 Å². The molecule has 0 aliphatic heterocycles. The number of rotatable bonds is 5.